The maximum atomic E-state index is 10.0. The summed E-state index contributed by atoms with van der Waals surface area (Å²) >= 11 is 4.80. The first-order valence-corrected chi connectivity index (χ1v) is 12.8. The van der Waals surface area contributed by atoms with Gasteiger partial charge in [0.25, 0.3) is 0 Å². The third-order valence-electron chi connectivity index (χ3n) is 5.46. The van der Waals surface area contributed by atoms with E-state index in [0.29, 0.717) is 0 Å². The van der Waals surface area contributed by atoms with E-state index in [9.17, 15) is 30.6 Å². The molecule has 10 atom stereocenters. The topological polar surface area (TPSA) is 169 Å². The molecule has 31 heavy (non-hydrogen) atoms. The number of hydrogen-bond acceptors (Lipinski definition) is 11. The second-order valence-electron chi connectivity index (χ2n) is 7.32. The van der Waals surface area contributed by atoms with Crippen LogP contribution in [0.2, 0.25) is 0 Å². The van der Waals surface area contributed by atoms with Crippen LogP contribution in [0.15, 0.2) is 0 Å². The van der Waals surface area contributed by atoms with Crippen molar-refractivity contribution in [1.82, 2.24) is 0 Å². The van der Waals surface area contributed by atoms with E-state index >= 15 is 0 Å². The van der Waals surface area contributed by atoms with Crippen molar-refractivity contribution in [3.63, 3.8) is 0 Å². The fourth-order valence-corrected chi connectivity index (χ4v) is 5.11. The van der Waals surface area contributed by atoms with Gasteiger partial charge in [-0.1, -0.05) is 0 Å². The second-order valence-corrected chi connectivity index (χ2v) is 11.4. The van der Waals surface area contributed by atoms with Crippen molar-refractivity contribution in [2.75, 3.05) is 31.7 Å². The average Bonchev–Trinajstić information content (AvgIpc) is 2.75. The van der Waals surface area contributed by atoms with Gasteiger partial charge in [0.1, 0.15) is 42.7 Å². The van der Waals surface area contributed by atoms with Crippen LogP contribution >= 0.6 is 7.92 Å². The zero-order valence-electron chi connectivity index (χ0n) is 17.9. The number of aliphatic hydroxyl groups is 7. The minimum Gasteiger partial charge on any atom is -0.759 e. The van der Waals surface area contributed by atoms with Crippen LogP contribution in [-0.4, -0.2) is 128 Å². The molecule has 4 unspecified atom stereocenters. The fourth-order valence-electron chi connectivity index (χ4n) is 3.31. The second kappa shape index (κ2) is 15.9. The van der Waals surface area contributed by atoms with E-state index in [1.165, 1.54) is 18.5 Å². The maximum Gasteiger partial charge on any atom is 1.00 e. The summed E-state index contributed by atoms with van der Waals surface area (Å²) in [7, 11) is 0.137. The third kappa shape index (κ3) is 8.69. The molecule has 2 rings (SSSR count). The normalized spacial score (nSPS) is 40.6. The Morgan fingerprint density at radius 1 is 0.742 bits per heavy atom. The Bertz CT molecular complexity index is 471. The van der Waals surface area contributed by atoms with Gasteiger partial charge in [-0.25, -0.2) is 0 Å². The van der Waals surface area contributed by atoms with Crippen LogP contribution in [0, 0.1) is 0 Å². The molecule has 2 aliphatic heterocycles. The van der Waals surface area contributed by atoms with Crippen molar-refractivity contribution >= 4 is 20.6 Å². The molecule has 0 amide bonds. The summed E-state index contributed by atoms with van der Waals surface area (Å²) in [5.41, 5.74) is -1.16. The number of ether oxygens (including phenoxy) is 3. The standard InChI is InChI=1S/C12H22O10S.C6H15P.Au/c13-1-3-5(15)6(16)8(18)11(20-3)22-10-4(2-14)21-12(23)9(19)7(10)17;1-4-7(5-2)6-3;/h3-19,23H,1-2H2;4-6H2,1-3H3;/q;;+1/t3?,4?,5-,6-,7+,8?,9?,10+,11-,12-;;/m0../s1. The molecular weight excluding hydrogens is 636 g/mol. The monoisotopic (exact) mass is 673 g/mol. The molecule has 13 heteroatoms. The Morgan fingerprint density at radius 3 is 1.68 bits per heavy atom. The first kappa shape index (κ1) is 32.1. The van der Waals surface area contributed by atoms with Crippen molar-refractivity contribution in [3.05, 3.63) is 0 Å². The molecule has 0 spiro atoms. The van der Waals surface area contributed by atoms with Crippen molar-refractivity contribution in [2.45, 2.75) is 81.3 Å². The van der Waals surface area contributed by atoms with E-state index in [-0.39, 0.29) is 30.3 Å². The van der Waals surface area contributed by atoms with Gasteiger partial charge in [-0.05, 0) is 34.1 Å². The summed E-state index contributed by atoms with van der Waals surface area (Å²) in [6, 6.07) is 0. The van der Waals surface area contributed by atoms with Crippen molar-refractivity contribution < 1.29 is 72.3 Å². The molecule has 2 heterocycles. The molecule has 0 saturated carbocycles. The zero-order chi connectivity index (χ0) is 23.0. The SMILES string of the molecule is CC[PH+](CC)CC.OCC1O[C@@H]([S-])C(O)[C@@H](O)[C@@H]1O[C@@H]1OC(CO)[C@H](O)[C@H](O)C1O.[Au+]. The van der Waals surface area contributed by atoms with E-state index in [4.69, 9.17) is 31.9 Å². The van der Waals surface area contributed by atoms with E-state index in [1.54, 1.807) is 0 Å². The van der Waals surface area contributed by atoms with Gasteiger partial charge in [0.15, 0.2) is 6.29 Å². The van der Waals surface area contributed by atoms with Crippen LogP contribution in [0.25, 0.3) is 0 Å². The number of rotatable bonds is 7. The molecule has 0 bridgehead atoms. The molecule has 0 aromatic carbocycles. The third-order valence-corrected chi connectivity index (χ3v) is 8.85. The van der Waals surface area contributed by atoms with E-state index in [0.717, 1.165) is 0 Å². The fraction of sp³-hybridized carbons (Fsp3) is 1.00. The van der Waals surface area contributed by atoms with Crippen LogP contribution < -0.4 is 0 Å². The van der Waals surface area contributed by atoms with Gasteiger partial charge < -0.3 is 62.6 Å². The molecule has 190 valence electrons. The van der Waals surface area contributed by atoms with Gasteiger partial charge in [0.2, 0.25) is 0 Å². The van der Waals surface area contributed by atoms with E-state index in [1.807, 2.05) is 0 Å². The van der Waals surface area contributed by atoms with Crippen molar-refractivity contribution in [2.24, 2.45) is 0 Å². The predicted molar refractivity (Wildman–Crippen MR) is 114 cm³/mol. The summed E-state index contributed by atoms with van der Waals surface area (Å²) in [5.74, 6) is 0. The zero-order valence-corrected chi connectivity index (χ0v) is 21.9. The molecule has 0 aromatic rings. The summed E-state index contributed by atoms with van der Waals surface area (Å²) in [6.07, 6.45) is -8.65. The first-order chi connectivity index (χ1) is 14.2. The van der Waals surface area contributed by atoms with Crippen LogP contribution in [0.1, 0.15) is 20.8 Å². The molecule has 0 aliphatic carbocycles. The van der Waals surface area contributed by atoms with Crippen LogP contribution in [0.5, 0.6) is 0 Å². The average molecular weight is 673 g/mol. The maximum absolute atomic E-state index is 10.0. The first-order valence-electron chi connectivity index (χ1n) is 10.2. The van der Waals surface area contributed by atoms with Gasteiger partial charge in [-0.3, -0.25) is 0 Å². The quantitative estimate of drug-likeness (QED) is 0.0861. The molecular formula is C18H37AuO10PS+. The van der Waals surface area contributed by atoms with Gasteiger partial charge in [0.05, 0.1) is 37.8 Å². The van der Waals surface area contributed by atoms with Gasteiger partial charge in [-0.15, -0.1) is 0 Å². The Balaban J connectivity index is 0.000000975. The predicted octanol–water partition coefficient (Wildman–Crippen LogP) is -2.58. The van der Waals surface area contributed by atoms with Crippen molar-refractivity contribution in [3.8, 4) is 0 Å². The van der Waals surface area contributed by atoms with E-state index < -0.39 is 73.8 Å². The summed E-state index contributed by atoms with van der Waals surface area (Å²) in [4.78, 5) is 0. The van der Waals surface area contributed by atoms with Gasteiger partial charge >= 0.3 is 22.4 Å². The largest absolute Gasteiger partial charge is 1.00 e. The van der Waals surface area contributed by atoms with Gasteiger partial charge in [-0.2, -0.15) is 0 Å². The minimum absolute atomic E-state index is 0. The molecule has 2 saturated heterocycles. The Hall–Kier alpha value is 1.12. The van der Waals surface area contributed by atoms with Crippen molar-refractivity contribution in [1.29, 1.82) is 0 Å². The molecule has 10 nitrogen and oxygen atoms in total. The van der Waals surface area contributed by atoms with Crippen LogP contribution in [-0.2, 0) is 49.2 Å². The van der Waals surface area contributed by atoms with Crippen LogP contribution in [0.3, 0.4) is 0 Å². The minimum atomic E-state index is -1.68. The smallest absolute Gasteiger partial charge is 0.759 e. The molecule has 7 N–H and O–H groups in total. The van der Waals surface area contributed by atoms with Crippen LogP contribution in [0.4, 0.5) is 0 Å². The number of aliphatic hydroxyl groups excluding tert-OH is 7. The Labute approximate surface area is 205 Å². The van der Waals surface area contributed by atoms with Gasteiger partial charge in [0, 0.05) is 0 Å². The Kier molecular flexibility index (Phi) is 16.5. The summed E-state index contributed by atoms with van der Waals surface area (Å²) in [5, 5.41) is 67.5. The summed E-state index contributed by atoms with van der Waals surface area (Å²) in [6.45, 7) is 5.69. The number of hydrogen-bond donors (Lipinski definition) is 7. The van der Waals surface area contributed by atoms with E-state index in [2.05, 4.69) is 20.8 Å². The molecule has 0 aromatic heterocycles. The summed E-state index contributed by atoms with van der Waals surface area (Å²) < 4.78 is 15.6. The Morgan fingerprint density at radius 2 is 1.26 bits per heavy atom. The molecule has 0 radical (unpaired) electrons. The molecule has 2 aliphatic rings. The molecule has 2 fully saturated rings.